The van der Waals surface area contributed by atoms with Crippen LogP contribution >= 0.6 is 28.1 Å². The van der Waals surface area contributed by atoms with Crippen LogP contribution in [-0.2, 0) is 0 Å². The number of halogens is 6. The summed E-state index contributed by atoms with van der Waals surface area (Å²) >= 11 is 8.51. The number of nitrogens with one attached hydrogen (secondary N) is 2. The summed E-state index contributed by atoms with van der Waals surface area (Å²) in [4.78, 5) is 15.4. The summed E-state index contributed by atoms with van der Waals surface area (Å²) in [5, 5.41) is 5.63. The maximum absolute atomic E-state index is 14.1. The van der Waals surface area contributed by atoms with Crippen LogP contribution in [0.15, 0.2) is 53.0 Å². The summed E-state index contributed by atoms with van der Waals surface area (Å²) in [6.07, 6.45) is 0. The molecule has 0 saturated carbocycles. The Morgan fingerprint density at radius 2 is 1.36 bits per heavy atom. The highest BCUT2D eigenvalue weighted by atomic mass is 79.9. The third-order valence-electron chi connectivity index (χ3n) is 5.59. The summed E-state index contributed by atoms with van der Waals surface area (Å²) < 4.78 is 69.5. The van der Waals surface area contributed by atoms with Gasteiger partial charge in [0.05, 0.1) is 0 Å². The molecule has 1 aliphatic heterocycles. The van der Waals surface area contributed by atoms with Gasteiger partial charge in [-0.3, -0.25) is 10.1 Å². The number of benzene rings is 3. The number of carbonyl (C=O) groups excluding carboxylic acids is 1. The van der Waals surface area contributed by atoms with Crippen molar-refractivity contribution in [3.05, 3.63) is 87.7 Å². The Morgan fingerprint density at radius 1 is 0.806 bits per heavy atom. The van der Waals surface area contributed by atoms with Crippen LogP contribution in [0.4, 0.5) is 39.0 Å². The first-order valence-electron chi connectivity index (χ1n) is 10.6. The molecule has 5 nitrogen and oxygen atoms in total. The summed E-state index contributed by atoms with van der Waals surface area (Å²) in [6, 6.07) is 13.9. The monoisotopic (exact) mass is 584 g/mol. The molecule has 0 bridgehead atoms. The van der Waals surface area contributed by atoms with Gasteiger partial charge in [-0.2, -0.15) is 0 Å². The topological polar surface area (TPSA) is 47.6 Å². The fourth-order valence-corrected chi connectivity index (χ4v) is 4.39. The first-order chi connectivity index (χ1) is 17.2. The number of thiocarbonyl (C=S) groups is 1. The lowest BCUT2D eigenvalue weighted by molar-refractivity contribution is 0.0977. The van der Waals surface area contributed by atoms with Crippen LogP contribution in [0, 0.1) is 29.1 Å². The fraction of sp³-hybridized carbons (Fsp3) is 0.167. The maximum atomic E-state index is 14.1. The second-order valence-corrected chi connectivity index (χ2v) is 9.18. The predicted octanol–water partition coefficient (Wildman–Crippen LogP) is 5.60. The number of hydrogen-bond acceptors (Lipinski definition) is 4. The molecule has 0 atom stereocenters. The molecular weight excluding hydrogens is 567 g/mol. The van der Waals surface area contributed by atoms with Crippen molar-refractivity contribution in [3.8, 4) is 0 Å². The van der Waals surface area contributed by atoms with Gasteiger partial charge in [0.2, 0.25) is 5.82 Å². The number of carbonyl (C=O) groups is 1. The van der Waals surface area contributed by atoms with Crippen LogP contribution in [0.2, 0.25) is 0 Å². The van der Waals surface area contributed by atoms with E-state index in [9.17, 15) is 26.7 Å². The number of anilines is 3. The smallest absolute Gasteiger partial charge is 0.257 e. The highest BCUT2D eigenvalue weighted by molar-refractivity contribution is 9.10. The van der Waals surface area contributed by atoms with Crippen molar-refractivity contribution in [3.63, 3.8) is 0 Å². The lowest BCUT2D eigenvalue weighted by Crippen LogP contribution is -2.47. The predicted molar refractivity (Wildman–Crippen MR) is 135 cm³/mol. The Bertz CT molecular complexity index is 1290. The molecule has 0 spiro atoms. The van der Waals surface area contributed by atoms with Gasteiger partial charge >= 0.3 is 0 Å². The van der Waals surface area contributed by atoms with Crippen molar-refractivity contribution in [2.24, 2.45) is 0 Å². The number of hydrogen-bond donors (Lipinski definition) is 2. The fourth-order valence-electron chi connectivity index (χ4n) is 3.78. The Hall–Kier alpha value is -3.25. The van der Waals surface area contributed by atoms with Crippen LogP contribution in [0.3, 0.4) is 0 Å². The van der Waals surface area contributed by atoms with E-state index in [0.29, 0.717) is 24.3 Å². The highest BCUT2D eigenvalue weighted by Crippen LogP contribution is 2.31. The lowest BCUT2D eigenvalue weighted by atomic mass is 10.2. The molecular formula is C24H18BrF5N4OS. The van der Waals surface area contributed by atoms with Crippen molar-refractivity contribution >= 4 is 56.2 Å². The van der Waals surface area contributed by atoms with Gasteiger partial charge in [-0.15, -0.1) is 0 Å². The molecule has 3 aromatic carbocycles. The minimum absolute atomic E-state index is 0.0596. The first-order valence-corrected chi connectivity index (χ1v) is 11.8. The van der Waals surface area contributed by atoms with E-state index in [1.807, 2.05) is 4.90 Å². The van der Waals surface area contributed by atoms with Gasteiger partial charge in [-0.25, -0.2) is 22.0 Å². The SMILES string of the molecule is O=C(NC(=S)Nc1ccc(N2CCN(c3c(F)c(F)c(F)c(F)c3F)CC2)cc1)c1cccc(Br)c1. The zero-order chi connectivity index (χ0) is 26.0. The normalized spacial score (nSPS) is 13.5. The molecule has 36 heavy (non-hydrogen) atoms. The van der Waals surface area contributed by atoms with E-state index in [2.05, 4.69) is 26.6 Å². The Labute approximate surface area is 217 Å². The molecule has 1 amide bonds. The molecule has 0 radical (unpaired) electrons. The van der Waals surface area contributed by atoms with Crippen LogP contribution in [0.25, 0.3) is 0 Å². The summed E-state index contributed by atoms with van der Waals surface area (Å²) in [5.74, 6) is -10.1. The molecule has 1 aliphatic rings. The molecule has 1 fully saturated rings. The van der Waals surface area contributed by atoms with Crippen LogP contribution in [0.1, 0.15) is 10.4 Å². The maximum Gasteiger partial charge on any atom is 0.257 e. The van der Waals surface area contributed by atoms with E-state index in [1.54, 1.807) is 48.5 Å². The van der Waals surface area contributed by atoms with Gasteiger partial charge in [0.15, 0.2) is 28.4 Å². The van der Waals surface area contributed by atoms with Gasteiger partial charge in [-0.05, 0) is 54.7 Å². The third-order valence-corrected chi connectivity index (χ3v) is 6.28. The van der Waals surface area contributed by atoms with Gasteiger partial charge in [0.25, 0.3) is 5.91 Å². The molecule has 2 N–H and O–H groups in total. The number of nitrogens with zero attached hydrogens (tertiary/aromatic N) is 2. The zero-order valence-corrected chi connectivity index (χ0v) is 20.8. The Morgan fingerprint density at radius 3 is 1.94 bits per heavy atom. The highest BCUT2D eigenvalue weighted by Gasteiger charge is 2.30. The van der Waals surface area contributed by atoms with Crippen LogP contribution < -0.4 is 20.4 Å². The molecule has 1 saturated heterocycles. The van der Waals surface area contributed by atoms with Crippen molar-refractivity contribution < 1.29 is 26.7 Å². The molecule has 188 valence electrons. The largest absolute Gasteiger partial charge is 0.368 e. The summed E-state index contributed by atoms with van der Waals surface area (Å²) in [7, 11) is 0. The number of amides is 1. The number of rotatable bonds is 4. The summed E-state index contributed by atoms with van der Waals surface area (Å²) in [5.41, 5.74) is 0.943. The molecule has 4 rings (SSSR count). The number of piperazine rings is 1. The Balaban J connectivity index is 1.35. The molecule has 1 heterocycles. The standard InChI is InChI=1S/C24H18BrF5N4OS/c25-14-3-1-2-13(12-14)23(35)32-24(36)31-15-4-6-16(7-5-15)33-8-10-34(11-9-33)22-20(29)18(27)17(26)19(28)21(22)30/h1-7,12H,8-11H2,(H2,31,32,35,36). The first kappa shape index (κ1) is 25.8. The second kappa shape index (κ2) is 10.8. The molecule has 12 heteroatoms. The average Bonchev–Trinajstić information content (AvgIpc) is 2.87. The molecule has 0 aliphatic carbocycles. The molecule has 3 aromatic rings. The lowest BCUT2D eigenvalue weighted by Gasteiger charge is -2.37. The quantitative estimate of drug-likeness (QED) is 0.181. The van der Waals surface area contributed by atoms with Crippen LogP contribution in [-0.4, -0.2) is 37.2 Å². The minimum atomic E-state index is -2.17. The van der Waals surface area contributed by atoms with Gasteiger partial charge in [0.1, 0.15) is 5.69 Å². The van der Waals surface area contributed by atoms with Gasteiger partial charge in [0, 0.05) is 47.6 Å². The average molecular weight is 585 g/mol. The molecule has 0 unspecified atom stereocenters. The van der Waals surface area contributed by atoms with Gasteiger partial charge in [-0.1, -0.05) is 22.0 Å². The minimum Gasteiger partial charge on any atom is -0.368 e. The van der Waals surface area contributed by atoms with Crippen molar-refractivity contribution in [2.75, 3.05) is 41.3 Å². The van der Waals surface area contributed by atoms with Crippen LogP contribution in [0.5, 0.6) is 0 Å². The van der Waals surface area contributed by atoms with E-state index < -0.39 is 34.8 Å². The van der Waals surface area contributed by atoms with Gasteiger partial charge < -0.3 is 15.1 Å². The van der Waals surface area contributed by atoms with Crippen molar-refractivity contribution in [1.29, 1.82) is 0 Å². The Kier molecular flexibility index (Phi) is 7.74. The van der Waals surface area contributed by atoms with Crippen molar-refractivity contribution in [1.82, 2.24) is 5.32 Å². The van der Waals surface area contributed by atoms with E-state index >= 15 is 0 Å². The van der Waals surface area contributed by atoms with E-state index in [4.69, 9.17) is 12.2 Å². The van der Waals surface area contributed by atoms with E-state index in [0.717, 1.165) is 15.1 Å². The van der Waals surface area contributed by atoms with E-state index in [1.165, 1.54) is 0 Å². The third kappa shape index (κ3) is 5.44. The zero-order valence-electron chi connectivity index (χ0n) is 18.4. The second-order valence-electron chi connectivity index (χ2n) is 7.86. The summed E-state index contributed by atoms with van der Waals surface area (Å²) in [6.45, 7) is 0.717. The van der Waals surface area contributed by atoms with Crippen molar-refractivity contribution in [2.45, 2.75) is 0 Å². The van der Waals surface area contributed by atoms with E-state index in [-0.39, 0.29) is 24.1 Å². The molecule has 0 aromatic heterocycles.